The van der Waals surface area contributed by atoms with Gasteiger partial charge in [-0.15, -0.1) is 11.3 Å². The van der Waals surface area contributed by atoms with Crippen molar-refractivity contribution in [3.05, 3.63) is 57.2 Å². The SMILES string of the molecule is COC(=O)c1c(NC(=O)/C(C#N)=C/c2ccccc2F)sc2c1CCCC2. The molecule has 7 heteroatoms. The number of hydrogen-bond acceptors (Lipinski definition) is 5. The van der Waals surface area contributed by atoms with Crippen LogP contribution in [0, 0.1) is 17.1 Å². The molecule has 0 saturated heterocycles. The van der Waals surface area contributed by atoms with E-state index in [2.05, 4.69) is 5.32 Å². The number of anilines is 1. The van der Waals surface area contributed by atoms with Crippen LogP contribution in [0.5, 0.6) is 0 Å². The summed E-state index contributed by atoms with van der Waals surface area (Å²) < 4.78 is 18.7. The van der Waals surface area contributed by atoms with Crippen LogP contribution in [0.1, 0.15) is 39.2 Å². The molecule has 138 valence electrons. The number of carbonyl (C=O) groups is 2. The van der Waals surface area contributed by atoms with Crippen molar-refractivity contribution in [2.45, 2.75) is 25.7 Å². The van der Waals surface area contributed by atoms with E-state index in [9.17, 15) is 19.2 Å². The number of rotatable bonds is 4. The third-order valence-electron chi connectivity index (χ3n) is 4.36. The molecule has 1 amide bonds. The zero-order valence-corrected chi connectivity index (χ0v) is 15.5. The van der Waals surface area contributed by atoms with E-state index in [1.54, 1.807) is 12.1 Å². The topological polar surface area (TPSA) is 79.2 Å². The number of ether oxygens (including phenoxy) is 1. The molecule has 0 radical (unpaired) electrons. The highest BCUT2D eigenvalue weighted by molar-refractivity contribution is 7.17. The van der Waals surface area contributed by atoms with Crippen LogP contribution < -0.4 is 5.32 Å². The van der Waals surface area contributed by atoms with E-state index in [0.29, 0.717) is 10.6 Å². The number of nitriles is 1. The molecule has 0 aliphatic heterocycles. The molecule has 3 rings (SSSR count). The quantitative estimate of drug-likeness (QED) is 0.489. The maximum atomic E-state index is 13.8. The number of thiophene rings is 1. The predicted octanol–water partition coefficient (Wildman–Crippen LogP) is 4.10. The van der Waals surface area contributed by atoms with Crippen LogP contribution in [0.4, 0.5) is 9.39 Å². The Bertz CT molecular complexity index is 972. The first kappa shape index (κ1) is 18.8. The lowest BCUT2D eigenvalue weighted by atomic mass is 9.95. The molecule has 0 spiro atoms. The lowest BCUT2D eigenvalue weighted by Crippen LogP contribution is -2.16. The number of halogens is 1. The van der Waals surface area contributed by atoms with Gasteiger partial charge in [0.15, 0.2) is 0 Å². The van der Waals surface area contributed by atoms with Gasteiger partial charge in [0.25, 0.3) is 5.91 Å². The normalized spacial score (nSPS) is 13.4. The van der Waals surface area contributed by atoms with Gasteiger partial charge in [-0.1, -0.05) is 18.2 Å². The van der Waals surface area contributed by atoms with Gasteiger partial charge in [0.1, 0.15) is 22.5 Å². The molecule has 1 aromatic carbocycles. The zero-order chi connectivity index (χ0) is 19.4. The average molecular weight is 384 g/mol. The molecule has 1 heterocycles. The number of hydrogen-bond donors (Lipinski definition) is 1. The van der Waals surface area contributed by atoms with E-state index in [1.807, 2.05) is 0 Å². The van der Waals surface area contributed by atoms with Crippen LogP contribution in [0.15, 0.2) is 29.8 Å². The third kappa shape index (κ3) is 3.91. The van der Waals surface area contributed by atoms with Crippen molar-refractivity contribution in [3.63, 3.8) is 0 Å². The smallest absolute Gasteiger partial charge is 0.341 e. The summed E-state index contributed by atoms with van der Waals surface area (Å²) in [6, 6.07) is 7.66. The fourth-order valence-electron chi connectivity index (χ4n) is 3.04. The Morgan fingerprint density at radius 3 is 2.74 bits per heavy atom. The van der Waals surface area contributed by atoms with E-state index in [4.69, 9.17) is 4.74 Å². The minimum Gasteiger partial charge on any atom is -0.465 e. The molecule has 0 fully saturated rings. The second kappa shape index (κ2) is 8.14. The van der Waals surface area contributed by atoms with Crippen molar-refractivity contribution in [2.75, 3.05) is 12.4 Å². The summed E-state index contributed by atoms with van der Waals surface area (Å²) in [5, 5.41) is 12.3. The summed E-state index contributed by atoms with van der Waals surface area (Å²) in [5.74, 6) is -1.73. The van der Waals surface area contributed by atoms with Crippen molar-refractivity contribution in [1.29, 1.82) is 5.26 Å². The maximum Gasteiger partial charge on any atom is 0.341 e. The van der Waals surface area contributed by atoms with Gasteiger partial charge < -0.3 is 10.1 Å². The fourth-order valence-corrected chi connectivity index (χ4v) is 4.31. The Hall–Kier alpha value is -2.98. The molecule has 2 aromatic rings. The van der Waals surface area contributed by atoms with Crippen molar-refractivity contribution in [3.8, 4) is 6.07 Å². The van der Waals surface area contributed by atoms with Crippen molar-refractivity contribution < 1.29 is 18.7 Å². The molecular formula is C20H17FN2O3S. The van der Waals surface area contributed by atoms with Crippen LogP contribution in [-0.2, 0) is 22.4 Å². The number of nitrogens with one attached hydrogen (secondary N) is 1. The first-order valence-corrected chi connectivity index (χ1v) is 9.27. The molecule has 0 bridgehead atoms. The lowest BCUT2D eigenvalue weighted by molar-refractivity contribution is -0.112. The van der Waals surface area contributed by atoms with Gasteiger partial charge in [-0.3, -0.25) is 4.79 Å². The molecular weight excluding hydrogens is 367 g/mol. The van der Waals surface area contributed by atoms with Gasteiger partial charge in [0, 0.05) is 10.4 Å². The molecule has 1 aliphatic rings. The van der Waals surface area contributed by atoms with Gasteiger partial charge in [0.05, 0.1) is 12.7 Å². The van der Waals surface area contributed by atoms with Gasteiger partial charge in [-0.25, -0.2) is 9.18 Å². The molecule has 5 nitrogen and oxygen atoms in total. The summed E-state index contributed by atoms with van der Waals surface area (Å²) in [6.45, 7) is 0. The number of carbonyl (C=O) groups excluding carboxylic acids is 2. The van der Waals surface area contributed by atoms with Crippen molar-refractivity contribution in [1.82, 2.24) is 0 Å². The Balaban J connectivity index is 1.93. The predicted molar refractivity (Wildman–Crippen MR) is 101 cm³/mol. The molecule has 1 N–H and O–H groups in total. The highest BCUT2D eigenvalue weighted by Gasteiger charge is 2.27. The van der Waals surface area contributed by atoms with E-state index in [1.165, 1.54) is 42.7 Å². The number of esters is 1. The average Bonchev–Trinajstić information content (AvgIpc) is 3.04. The number of aryl methyl sites for hydroxylation is 1. The number of benzene rings is 1. The summed E-state index contributed by atoms with van der Waals surface area (Å²) >= 11 is 1.33. The van der Waals surface area contributed by atoms with Crippen LogP contribution >= 0.6 is 11.3 Å². The monoisotopic (exact) mass is 384 g/mol. The highest BCUT2D eigenvalue weighted by atomic mass is 32.1. The maximum absolute atomic E-state index is 13.8. The number of amides is 1. The molecule has 0 unspecified atom stereocenters. The number of methoxy groups -OCH3 is 1. The Labute approximate surface area is 160 Å². The molecule has 0 saturated carbocycles. The van der Waals surface area contributed by atoms with E-state index in [-0.39, 0.29) is 11.1 Å². The van der Waals surface area contributed by atoms with Crippen molar-refractivity contribution >= 4 is 34.3 Å². The van der Waals surface area contributed by atoms with Gasteiger partial charge in [-0.2, -0.15) is 5.26 Å². The molecule has 1 aromatic heterocycles. The van der Waals surface area contributed by atoms with Gasteiger partial charge in [-0.05, 0) is 43.4 Å². The minimum absolute atomic E-state index is 0.142. The summed E-state index contributed by atoms with van der Waals surface area (Å²) in [5.41, 5.74) is 1.16. The fraction of sp³-hybridized carbons (Fsp3) is 0.250. The lowest BCUT2D eigenvalue weighted by Gasteiger charge is -2.11. The number of fused-ring (bicyclic) bond motifs is 1. The summed E-state index contributed by atoms with van der Waals surface area (Å²) in [6.07, 6.45) is 4.78. The van der Waals surface area contributed by atoms with Crippen molar-refractivity contribution in [2.24, 2.45) is 0 Å². The van der Waals surface area contributed by atoms with Crippen LogP contribution in [0.2, 0.25) is 0 Å². The number of nitrogens with zero attached hydrogens (tertiary/aromatic N) is 1. The van der Waals surface area contributed by atoms with Crippen LogP contribution in [0.25, 0.3) is 6.08 Å². The van der Waals surface area contributed by atoms with E-state index >= 15 is 0 Å². The summed E-state index contributed by atoms with van der Waals surface area (Å²) in [4.78, 5) is 25.8. The van der Waals surface area contributed by atoms with E-state index < -0.39 is 17.7 Å². The second-order valence-electron chi connectivity index (χ2n) is 6.05. The second-order valence-corrected chi connectivity index (χ2v) is 7.16. The first-order valence-electron chi connectivity index (χ1n) is 8.45. The van der Waals surface area contributed by atoms with E-state index in [0.717, 1.165) is 36.1 Å². The summed E-state index contributed by atoms with van der Waals surface area (Å²) in [7, 11) is 1.29. The van der Waals surface area contributed by atoms with Gasteiger partial charge in [0.2, 0.25) is 0 Å². The Kier molecular flexibility index (Phi) is 5.67. The Morgan fingerprint density at radius 1 is 1.30 bits per heavy atom. The zero-order valence-electron chi connectivity index (χ0n) is 14.7. The third-order valence-corrected chi connectivity index (χ3v) is 5.57. The van der Waals surface area contributed by atoms with Crippen LogP contribution in [-0.4, -0.2) is 19.0 Å². The Morgan fingerprint density at radius 2 is 2.04 bits per heavy atom. The standard InChI is InChI=1S/C20H17FN2O3S/c1-26-20(25)17-14-7-3-5-9-16(14)27-19(17)23-18(24)13(11-22)10-12-6-2-4-8-15(12)21/h2,4,6,8,10H,3,5,7,9H2,1H3,(H,23,24)/b13-10+. The molecule has 1 aliphatic carbocycles. The molecule has 27 heavy (non-hydrogen) atoms. The molecule has 0 atom stereocenters. The largest absolute Gasteiger partial charge is 0.465 e. The highest BCUT2D eigenvalue weighted by Crippen LogP contribution is 2.38. The minimum atomic E-state index is -0.690. The first-order chi connectivity index (χ1) is 13.0. The van der Waals surface area contributed by atoms with Crippen LogP contribution in [0.3, 0.4) is 0 Å². The van der Waals surface area contributed by atoms with Gasteiger partial charge >= 0.3 is 5.97 Å².